The van der Waals surface area contributed by atoms with E-state index >= 15 is 0 Å². The van der Waals surface area contributed by atoms with Crippen LogP contribution in [0.15, 0.2) is 28.7 Å². The molecule has 0 unspecified atom stereocenters. The predicted octanol–water partition coefficient (Wildman–Crippen LogP) is 2.25. The van der Waals surface area contributed by atoms with Gasteiger partial charge in [-0.2, -0.15) is 0 Å². The van der Waals surface area contributed by atoms with Crippen molar-refractivity contribution in [3.05, 3.63) is 28.7 Å². The maximum atomic E-state index is 10.8. The molecular weight excluding hydrogens is 272 g/mol. The first-order valence-electron chi connectivity index (χ1n) is 5.16. The summed E-state index contributed by atoms with van der Waals surface area (Å²) in [5, 5.41) is 8.85. The van der Waals surface area contributed by atoms with Gasteiger partial charge in [0.1, 0.15) is 0 Å². The van der Waals surface area contributed by atoms with Crippen molar-refractivity contribution in [3.63, 3.8) is 0 Å². The average molecular weight is 285 g/mol. The number of benzene rings is 1. The minimum absolute atomic E-state index is 0.566. The Morgan fingerprint density at radius 1 is 1.19 bits per heavy atom. The zero-order valence-corrected chi connectivity index (χ0v) is 10.4. The van der Waals surface area contributed by atoms with Crippen LogP contribution in [0.4, 0.5) is 10.5 Å². The quantitative estimate of drug-likeness (QED) is 0.860. The number of rotatable bonds is 1. The second-order valence-corrected chi connectivity index (χ2v) is 4.56. The molecule has 86 valence electrons. The molecule has 0 saturated carbocycles. The summed E-state index contributed by atoms with van der Waals surface area (Å²) in [6, 6.07) is 8.00. The Hall–Kier alpha value is -1.23. The van der Waals surface area contributed by atoms with Gasteiger partial charge in [-0.25, -0.2) is 4.79 Å². The molecular formula is C11H13BrN2O2. The van der Waals surface area contributed by atoms with Crippen LogP contribution in [0.25, 0.3) is 0 Å². The number of hydrogen-bond donors (Lipinski definition) is 1. The van der Waals surface area contributed by atoms with Gasteiger partial charge in [0, 0.05) is 30.7 Å². The molecule has 1 amide bonds. The summed E-state index contributed by atoms with van der Waals surface area (Å²) in [7, 11) is 0. The van der Waals surface area contributed by atoms with Crippen molar-refractivity contribution in [1.29, 1.82) is 0 Å². The summed E-state index contributed by atoms with van der Waals surface area (Å²) in [4.78, 5) is 14.4. The molecule has 4 nitrogen and oxygen atoms in total. The van der Waals surface area contributed by atoms with E-state index in [-0.39, 0.29) is 0 Å². The van der Waals surface area contributed by atoms with Crippen molar-refractivity contribution in [3.8, 4) is 0 Å². The first-order chi connectivity index (χ1) is 7.68. The van der Waals surface area contributed by atoms with Crippen molar-refractivity contribution >= 4 is 27.7 Å². The van der Waals surface area contributed by atoms with Crippen molar-refractivity contribution in [2.75, 3.05) is 31.1 Å². The van der Waals surface area contributed by atoms with Gasteiger partial charge in [-0.05, 0) is 28.1 Å². The molecule has 1 aromatic carbocycles. The SMILES string of the molecule is O=C(O)N1CCN(c2ccccc2Br)CC1. The van der Waals surface area contributed by atoms with E-state index in [4.69, 9.17) is 5.11 Å². The molecule has 0 spiro atoms. The van der Waals surface area contributed by atoms with Gasteiger partial charge in [0.2, 0.25) is 0 Å². The van der Waals surface area contributed by atoms with Gasteiger partial charge in [0.05, 0.1) is 5.69 Å². The fourth-order valence-electron chi connectivity index (χ4n) is 1.85. The summed E-state index contributed by atoms with van der Waals surface area (Å²) < 4.78 is 1.05. The second-order valence-electron chi connectivity index (χ2n) is 3.71. The van der Waals surface area contributed by atoms with Crippen LogP contribution in [0.5, 0.6) is 0 Å². The second kappa shape index (κ2) is 4.74. The van der Waals surface area contributed by atoms with E-state index in [9.17, 15) is 4.79 Å². The third-order valence-corrected chi connectivity index (χ3v) is 3.41. The Labute approximate surface area is 103 Å². The Bertz CT molecular complexity index is 389. The summed E-state index contributed by atoms with van der Waals surface area (Å²) >= 11 is 3.50. The summed E-state index contributed by atoms with van der Waals surface area (Å²) in [5.41, 5.74) is 1.13. The zero-order valence-electron chi connectivity index (χ0n) is 8.77. The number of hydrogen-bond acceptors (Lipinski definition) is 2. The molecule has 16 heavy (non-hydrogen) atoms. The van der Waals surface area contributed by atoms with Crippen LogP contribution in [0.2, 0.25) is 0 Å². The molecule has 0 bridgehead atoms. The molecule has 0 radical (unpaired) electrons. The van der Waals surface area contributed by atoms with E-state index in [1.54, 1.807) is 0 Å². The summed E-state index contributed by atoms with van der Waals surface area (Å²) in [6.07, 6.45) is -0.827. The molecule has 1 aliphatic rings. The molecule has 1 aliphatic heterocycles. The van der Waals surface area contributed by atoms with Crippen LogP contribution >= 0.6 is 15.9 Å². The smallest absolute Gasteiger partial charge is 0.407 e. The van der Waals surface area contributed by atoms with E-state index < -0.39 is 6.09 Å². The third kappa shape index (κ3) is 2.29. The minimum atomic E-state index is -0.827. The molecule has 1 N–H and O–H groups in total. The maximum Gasteiger partial charge on any atom is 0.407 e. The lowest BCUT2D eigenvalue weighted by Crippen LogP contribution is -2.48. The largest absolute Gasteiger partial charge is 0.465 e. The lowest BCUT2D eigenvalue weighted by molar-refractivity contribution is 0.142. The number of carbonyl (C=O) groups is 1. The molecule has 0 aromatic heterocycles. The topological polar surface area (TPSA) is 43.8 Å². The Morgan fingerprint density at radius 2 is 1.81 bits per heavy atom. The minimum Gasteiger partial charge on any atom is -0.465 e. The number of anilines is 1. The third-order valence-electron chi connectivity index (χ3n) is 2.74. The Morgan fingerprint density at radius 3 is 2.38 bits per heavy atom. The van der Waals surface area contributed by atoms with Crippen molar-refractivity contribution in [1.82, 2.24) is 4.90 Å². The van der Waals surface area contributed by atoms with Crippen molar-refractivity contribution in [2.45, 2.75) is 0 Å². The highest BCUT2D eigenvalue weighted by Gasteiger charge is 2.21. The maximum absolute atomic E-state index is 10.8. The molecule has 2 rings (SSSR count). The standard InChI is InChI=1S/C11H13BrN2O2/c12-9-3-1-2-4-10(9)13-5-7-14(8-6-13)11(15)16/h1-4H,5-8H2,(H,15,16). The van der Waals surface area contributed by atoms with E-state index in [0.29, 0.717) is 13.1 Å². The number of piperazine rings is 1. The van der Waals surface area contributed by atoms with Crippen LogP contribution in [-0.2, 0) is 0 Å². The lowest BCUT2D eigenvalue weighted by atomic mass is 10.2. The number of nitrogens with zero attached hydrogens (tertiary/aromatic N) is 2. The van der Waals surface area contributed by atoms with Crippen molar-refractivity contribution < 1.29 is 9.90 Å². The number of para-hydroxylation sites is 1. The molecule has 1 saturated heterocycles. The van der Waals surface area contributed by atoms with Gasteiger partial charge in [-0.15, -0.1) is 0 Å². The summed E-state index contributed by atoms with van der Waals surface area (Å²) in [5.74, 6) is 0. The molecule has 1 aromatic rings. The Balaban J connectivity index is 2.05. The van der Waals surface area contributed by atoms with Gasteiger partial charge in [0.15, 0.2) is 0 Å². The zero-order chi connectivity index (χ0) is 11.5. The van der Waals surface area contributed by atoms with Gasteiger partial charge < -0.3 is 14.9 Å². The molecule has 0 atom stereocenters. The lowest BCUT2D eigenvalue weighted by Gasteiger charge is -2.35. The summed E-state index contributed by atoms with van der Waals surface area (Å²) in [6.45, 7) is 2.62. The van der Waals surface area contributed by atoms with E-state index in [1.165, 1.54) is 4.90 Å². The van der Waals surface area contributed by atoms with Gasteiger partial charge >= 0.3 is 6.09 Å². The van der Waals surface area contributed by atoms with Gasteiger partial charge in [0.25, 0.3) is 0 Å². The van der Waals surface area contributed by atoms with Crippen LogP contribution < -0.4 is 4.90 Å². The molecule has 0 aliphatic carbocycles. The first kappa shape index (κ1) is 11.3. The Kier molecular flexibility index (Phi) is 3.33. The van der Waals surface area contributed by atoms with E-state index in [1.807, 2.05) is 24.3 Å². The predicted molar refractivity (Wildman–Crippen MR) is 66.0 cm³/mol. The molecule has 1 heterocycles. The number of halogens is 1. The number of amides is 1. The van der Waals surface area contributed by atoms with Crippen LogP contribution in [0.1, 0.15) is 0 Å². The molecule has 5 heteroatoms. The fraction of sp³-hybridized carbons (Fsp3) is 0.364. The highest BCUT2D eigenvalue weighted by molar-refractivity contribution is 9.10. The normalized spacial score (nSPS) is 16.3. The number of carboxylic acid groups (broad SMARTS) is 1. The highest BCUT2D eigenvalue weighted by Crippen LogP contribution is 2.26. The van der Waals surface area contributed by atoms with Crippen LogP contribution in [0, 0.1) is 0 Å². The monoisotopic (exact) mass is 284 g/mol. The van der Waals surface area contributed by atoms with E-state index in [2.05, 4.69) is 20.8 Å². The van der Waals surface area contributed by atoms with Gasteiger partial charge in [-0.3, -0.25) is 0 Å². The first-order valence-corrected chi connectivity index (χ1v) is 5.95. The average Bonchev–Trinajstić information content (AvgIpc) is 2.30. The van der Waals surface area contributed by atoms with Crippen molar-refractivity contribution in [2.24, 2.45) is 0 Å². The van der Waals surface area contributed by atoms with E-state index in [0.717, 1.165) is 23.2 Å². The fourth-order valence-corrected chi connectivity index (χ4v) is 2.38. The highest BCUT2D eigenvalue weighted by atomic mass is 79.9. The van der Waals surface area contributed by atoms with Crippen LogP contribution in [-0.4, -0.2) is 42.3 Å². The molecule has 1 fully saturated rings. The van der Waals surface area contributed by atoms with Gasteiger partial charge in [-0.1, -0.05) is 12.1 Å². The van der Waals surface area contributed by atoms with Crippen LogP contribution in [0.3, 0.4) is 0 Å².